The monoisotopic (exact) mass is 301 g/mol. The van der Waals surface area contributed by atoms with Gasteiger partial charge < -0.3 is 9.64 Å². The number of hydrogen-bond acceptors (Lipinski definition) is 2. The van der Waals surface area contributed by atoms with Crippen LogP contribution in [-0.4, -0.2) is 30.0 Å². The fraction of sp³-hybridized carbons (Fsp3) is 0.632. The fourth-order valence-corrected chi connectivity index (χ4v) is 3.77. The lowest BCUT2D eigenvalue weighted by atomic mass is 9.83. The minimum Gasteiger partial charge on any atom is -0.496 e. The molecule has 1 amide bonds. The van der Waals surface area contributed by atoms with Crippen molar-refractivity contribution in [2.24, 2.45) is 5.92 Å². The van der Waals surface area contributed by atoms with E-state index in [1.807, 2.05) is 24.3 Å². The zero-order valence-electron chi connectivity index (χ0n) is 13.8. The molecular weight excluding hydrogens is 274 g/mol. The van der Waals surface area contributed by atoms with Gasteiger partial charge in [0.25, 0.3) is 5.91 Å². The number of hydrogen-bond donors (Lipinski definition) is 0. The van der Waals surface area contributed by atoms with E-state index in [0.29, 0.717) is 17.8 Å². The first-order valence-corrected chi connectivity index (χ1v) is 8.70. The first-order valence-electron chi connectivity index (χ1n) is 8.70. The zero-order chi connectivity index (χ0) is 15.5. The largest absolute Gasteiger partial charge is 0.496 e. The molecular formula is C19H27NO2. The van der Waals surface area contributed by atoms with E-state index in [9.17, 15) is 4.79 Å². The summed E-state index contributed by atoms with van der Waals surface area (Å²) in [5, 5.41) is 0. The zero-order valence-corrected chi connectivity index (χ0v) is 13.8. The quantitative estimate of drug-likeness (QED) is 0.813. The van der Waals surface area contributed by atoms with Gasteiger partial charge in [-0.25, -0.2) is 0 Å². The summed E-state index contributed by atoms with van der Waals surface area (Å²) in [6, 6.07) is 8.51. The number of para-hydroxylation sites is 1. The van der Waals surface area contributed by atoms with Crippen molar-refractivity contribution in [1.29, 1.82) is 0 Å². The minimum atomic E-state index is 0.167. The lowest BCUT2D eigenvalue weighted by Gasteiger charge is -2.37. The molecule has 2 saturated carbocycles. The number of amides is 1. The van der Waals surface area contributed by atoms with Crippen LogP contribution in [0.4, 0.5) is 0 Å². The molecule has 3 rings (SSSR count). The highest BCUT2D eigenvalue weighted by Gasteiger charge is 2.39. The van der Waals surface area contributed by atoms with E-state index in [-0.39, 0.29) is 5.91 Å². The average molecular weight is 301 g/mol. The van der Waals surface area contributed by atoms with Crippen LogP contribution >= 0.6 is 0 Å². The summed E-state index contributed by atoms with van der Waals surface area (Å²) in [7, 11) is 1.64. The van der Waals surface area contributed by atoms with E-state index in [0.717, 1.165) is 37.2 Å². The van der Waals surface area contributed by atoms with E-state index in [1.54, 1.807) is 7.11 Å². The molecule has 0 N–H and O–H groups in total. The summed E-state index contributed by atoms with van der Waals surface area (Å²) in [5.74, 6) is 1.72. The van der Waals surface area contributed by atoms with Crippen LogP contribution in [0, 0.1) is 5.92 Å². The van der Waals surface area contributed by atoms with Gasteiger partial charge in [-0.05, 0) is 56.6 Å². The standard InChI is InChI=1S/C19H27NO2/c1-3-14-8-10-15(11-9-14)20(16-12-13-16)19(21)17-6-4-5-7-18(17)22-2/h4-7,14-16H,3,8-13H2,1-2H3. The van der Waals surface area contributed by atoms with Gasteiger partial charge in [-0.3, -0.25) is 4.79 Å². The number of benzene rings is 1. The maximum absolute atomic E-state index is 13.1. The van der Waals surface area contributed by atoms with Crippen molar-refractivity contribution in [3.8, 4) is 5.75 Å². The number of rotatable bonds is 5. The predicted octanol–water partition coefficient (Wildman–Crippen LogP) is 4.27. The molecule has 0 radical (unpaired) electrons. The second kappa shape index (κ2) is 6.72. The number of ether oxygens (including phenoxy) is 1. The van der Waals surface area contributed by atoms with Crippen molar-refractivity contribution in [3.05, 3.63) is 29.8 Å². The van der Waals surface area contributed by atoms with Crippen molar-refractivity contribution in [2.45, 2.75) is 64.0 Å². The minimum absolute atomic E-state index is 0.167. The third-order valence-electron chi connectivity index (χ3n) is 5.30. The van der Waals surface area contributed by atoms with Crippen LogP contribution in [0.5, 0.6) is 5.75 Å². The van der Waals surface area contributed by atoms with Crippen molar-refractivity contribution in [1.82, 2.24) is 4.90 Å². The van der Waals surface area contributed by atoms with E-state index in [2.05, 4.69) is 11.8 Å². The van der Waals surface area contributed by atoms with Gasteiger partial charge >= 0.3 is 0 Å². The first kappa shape index (κ1) is 15.4. The summed E-state index contributed by atoms with van der Waals surface area (Å²) in [4.78, 5) is 15.3. The third kappa shape index (κ3) is 3.13. The molecule has 120 valence electrons. The molecule has 0 atom stereocenters. The molecule has 2 aliphatic rings. The molecule has 3 nitrogen and oxygen atoms in total. The van der Waals surface area contributed by atoms with Gasteiger partial charge in [0.05, 0.1) is 12.7 Å². The molecule has 1 aromatic carbocycles. The highest BCUT2D eigenvalue weighted by molar-refractivity contribution is 5.97. The number of carbonyl (C=O) groups excluding carboxylic acids is 1. The highest BCUT2D eigenvalue weighted by Crippen LogP contribution is 2.37. The summed E-state index contributed by atoms with van der Waals surface area (Å²) in [5.41, 5.74) is 0.717. The Morgan fingerprint density at radius 1 is 1.09 bits per heavy atom. The Bertz CT molecular complexity index is 516. The SMILES string of the molecule is CCC1CCC(N(C(=O)c2ccccc2OC)C2CC2)CC1. The van der Waals surface area contributed by atoms with Crippen molar-refractivity contribution >= 4 is 5.91 Å². The van der Waals surface area contributed by atoms with Crippen LogP contribution in [0.15, 0.2) is 24.3 Å². The normalized spacial score (nSPS) is 24.8. The van der Waals surface area contributed by atoms with Gasteiger partial charge in [0.15, 0.2) is 0 Å². The molecule has 0 bridgehead atoms. The maximum atomic E-state index is 13.1. The van der Waals surface area contributed by atoms with Gasteiger partial charge in [0.2, 0.25) is 0 Å². The van der Waals surface area contributed by atoms with Crippen LogP contribution in [0.25, 0.3) is 0 Å². The van der Waals surface area contributed by atoms with E-state index < -0.39 is 0 Å². The highest BCUT2D eigenvalue weighted by atomic mass is 16.5. The molecule has 2 fully saturated rings. The second-order valence-electron chi connectivity index (χ2n) is 6.73. The molecule has 3 heteroatoms. The van der Waals surface area contributed by atoms with Crippen LogP contribution < -0.4 is 4.74 Å². The van der Waals surface area contributed by atoms with Crippen LogP contribution in [0.1, 0.15) is 62.2 Å². The van der Waals surface area contributed by atoms with Crippen LogP contribution in [0.3, 0.4) is 0 Å². The molecule has 22 heavy (non-hydrogen) atoms. The van der Waals surface area contributed by atoms with Gasteiger partial charge in [0.1, 0.15) is 5.75 Å². The Balaban J connectivity index is 1.78. The second-order valence-corrected chi connectivity index (χ2v) is 6.73. The van der Waals surface area contributed by atoms with Crippen molar-refractivity contribution in [2.75, 3.05) is 7.11 Å². The topological polar surface area (TPSA) is 29.5 Å². The van der Waals surface area contributed by atoms with Gasteiger partial charge in [0, 0.05) is 12.1 Å². The summed E-state index contributed by atoms with van der Waals surface area (Å²) in [6.07, 6.45) is 8.46. The first-order chi connectivity index (χ1) is 10.7. The Hall–Kier alpha value is -1.51. The number of carbonyl (C=O) groups is 1. The number of nitrogens with zero attached hydrogens (tertiary/aromatic N) is 1. The van der Waals surface area contributed by atoms with E-state index in [1.165, 1.54) is 19.3 Å². The van der Waals surface area contributed by atoms with Gasteiger partial charge in [-0.15, -0.1) is 0 Å². The maximum Gasteiger partial charge on any atom is 0.258 e. The molecule has 0 aromatic heterocycles. The summed E-state index contributed by atoms with van der Waals surface area (Å²) < 4.78 is 5.39. The smallest absolute Gasteiger partial charge is 0.258 e. The molecule has 0 spiro atoms. The Labute approximate surface area is 133 Å². The van der Waals surface area contributed by atoms with Gasteiger partial charge in [-0.2, -0.15) is 0 Å². The van der Waals surface area contributed by atoms with E-state index >= 15 is 0 Å². The molecule has 1 aromatic rings. The average Bonchev–Trinajstić information content (AvgIpc) is 3.40. The Morgan fingerprint density at radius 2 is 1.68 bits per heavy atom. The van der Waals surface area contributed by atoms with Crippen molar-refractivity contribution in [3.63, 3.8) is 0 Å². The van der Waals surface area contributed by atoms with Crippen molar-refractivity contribution < 1.29 is 9.53 Å². The fourth-order valence-electron chi connectivity index (χ4n) is 3.77. The lowest BCUT2D eigenvalue weighted by Crippen LogP contribution is -2.44. The summed E-state index contributed by atoms with van der Waals surface area (Å²) >= 11 is 0. The lowest BCUT2D eigenvalue weighted by molar-refractivity contribution is 0.0584. The van der Waals surface area contributed by atoms with E-state index in [4.69, 9.17) is 4.74 Å². The Kier molecular flexibility index (Phi) is 4.70. The van der Waals surface area contributed by atoms with Gasteiger partial charge in [-0.1, -0.05) is 25.5 Å². The molecule has 0 heterocycles. The van der Waals surface area contributed by atoms with Crippen LogP contribution in [0.2, 0.25) is 0 Å². The predicted molar refractivity (Wildman–Crippen MR) is 88.2 cm³/mol. The molecule has 2 aliphatic carbocycles. The molecule has 0 aliphatic heterocycles. The Morgan fingerprint density at radius 3 is 2.23 bits per heavy atom. The number of methoxy groups -OCH3 is 1. The molecule has 0 unspecified atom stereocenters. The van der Waals surface area contributed by atoms with Crippen LogP contribution in [-0.2, 0) is 0 Å². The third-order valence-corrected chi connectivity index (χ3v) is 5.30. The summed E-state index contributed by atoms with van der Waals surface area (Å²) in [6.45, 7) is 2.28. The molecule has 0 saturated heterocycles.